The lowest BCUT2D eigenvalue weighted by Gasteiger charge is -2.50. The average molecular weight is 348 g/mol. The van der Waals surface area contributed by atoms with Crippen LogP contribution in [0.3, 0.4) is 0 Å². The molecule has 2 aromatic rings. The van der Waals surface area contributed by atoms with Gasteiger partial charge in [0.2, 0.25) is 0 Å². The van der Waals surface area contributed by atoms with Crippen LogP contribution in [0.1, 0.15) is 43.6 Å². The van der Waals surface area contributed by atoms with Crippen molar-refractivity contribution in [3.63, 3.8) is 0 Å². The molecule has 1 amide bonds. The minimum atomic E-state index is -1.26. The summed E-state index contributed by atoms with van der Waals surface area (Å²) >= 11 is -1.26. The molecule has 0 aromatic carbocycles. The van der Waals surface area contributed by atoms with E-state index in [4.69, 9.17) is 0 Å². The molecule has 0 aliphatic heterocycles. The van der Waals surface area contributed by atoms with Gasteiger partial charge in [0.15, 0.2) is 0 Å². The lowest BCUT2D eigenvalue weighted by Crippen LogP contribution is -2.49. The van der Waals surface area contributed by atoms with Gasteiger partial charge in [-0.05, 0) is 31.2 Å². The molecular formula is C17H24N4O2S. The molecule has 130 valence electrons. The topological polar surface area (TPSA) is 74.1 Å². The van der Waals surface area contributed by atoms with Gasteiger partial charge in [0.05, 0.1) is 0 Å². The van der Waals surface area contributed by atoms with Gasteiger partial charge in [-0.3, -0.25) is 4.79 Å². The van der Waals surface area contributed by atoms with E-state index in [2.05, 4.69) is 28.4 Å². The smallest absolute Gasteiger partial charge is 0.344 e. The molecule has 1 saturated carbocycles. The zero-order valence-corrected chi connectivity index (χ0v) is 15.7. The summed E-state index contributed by atoms with van der Waals surface area (Å²) in [4.78, 5) is 23.1. The van der Waals surface area contributed by atoms with Crippen molar-refractivity contribution in [3.8, 4) is 0 Å². The van der Waals surface area contributed by atoms with Crippen LogP contribution in [-0.4, -0.2) is 50.2 Å². The second kappa shape index (κ2) is 6.04. The third-order valence-corrected chi connectivity index (χ3v) is 6.10. The van der Waals surface area contributed by atoms with Gasteiger partial charge in [-0.15, -0.1) is 0 Å². The molecular weight excluding hydrogens is 324 g/mol. The van der Waals surface area contributed by atoms with Crippen LogP contribution in [-0.2, 0) is 16.7 Å². The molecule has 2 heterocycles. The van der Waals surface area contributed by atoms with Crippen molar-refractivity contribution < 1.29 is 9.35 Å². The minimum absolute atomic E-state index is 0.0425. The first kappa shape index (κ1) is 17.2. The van der Waals surface area contributed by atoms with Crippen molar-refractivity contribution in [2.45, 2.75) is 43.8 Å². The van der Waals surface area contributed by atoms with Crippen LogP contribution < -0.4 is 0 Å². The van der Waals surface area contributed by atoms with Crippen molar-refractivity contribution in [3.05, 3.63) is 18.0 Å². The molecule has 3 rings (SSSR count). The molecule has 0 radical (unpaired) electrons. The SMILES string of the molecule is CCC1(n2c(C(=O)N(C)C)cc3cnc([S+](C)[O-])nc32)CC[C@H]1C. The van der Waals surface area contributed by atoms with Gasteiger partial charge in [-0.2, -0.15) is 9.97 Å². The van der Waals surface area contributed by atoms with E-state index in [-0.39, 0.29) is 11.4 Å². The molecule has 2 aromatic heterocycles. The Morgan fingerprint density at radius 3 is 2.71 bits per heavy atom. The fraction of sp³-hybridized carbons (Fsp3) is 0.588. The number of carbonyl (C=O) groups is 1. The summed E-state index contributed by atoms with van der Waals surface area (Å²) in [5.74, 6) is 0.427. The summed E-state index contributed by atoms with van der Waals surface area (Å²) in [5, 5.41) is 1.13. The number of fused-ring (bicyclic) bond motifs is 1. The molecule has 1 aliphatic carbocycles. The molecule has 0 bridgehead atoms. The van der Waals surface area contributed by atoms with Gasteiger partial charge < -0.3 is 14.0 Å². The van der Waals surface area contributed by atoms with Crippen LogP contribution >= 0.6 is 0 Å². The van der Waals surface area contributed by atoms with Gasteiger partial charge in [0, 0.05) is 42.4 Å². The first-order chi connectivity index (χ1) is 11.3. The van der Waals surface area contributed by atoms with Crippen LogP contribution in [0.15, 0.2) is 17.4 Å². The van der Waals surface area contributed by atoms with Crippen LogP contribution in [0, 0.1) is 5.92 Å². The maximum absolute atomic E-state index is 12.8. The molecule has 0 N–H and O–H groups in total. The molecule has 6 nitrogen and oxygen atoms in total. The van der Waals surface area contributed by atoms with E-state index >= 15 is 0 Å². The normalized spacial score (nSPS) is 24.7. The number of hydrogen-bond acceptors (Lipinski definition) is 4. The van der Waals surface area contributed by atoms with Crippen LogP contribution in [0.4, 0.5) is 0 Å². The summed E-state index contributed by atoms with van der Waals surface area (Å²) in [6, 6.07) is 1.86. The van der Waals surface area contributed by atoms with Gasteiger partial charge in [-0.1, -0.05) is 13.8 Å². The molecule has 3 atom stereocenters. The van der Waals surface area contributed by atoms with E-state index in [9.17, 15) is 9.35 Å². The molecule has 0 spiro atoms. The Kier molecular flexibility index (Phi) is 4.34. The van der Waals surface area contributed by atoms with Crippen molar-refractivity contribution in [1.82, 2.24) is 19.4 Å². The third-order valence-electron chi connectivity index (χ3n) is 5.39. The number of hydrogen-bond donors (Lipinski definition) is 0. The highest BCUT2D eigenvalue weighted by Gasteiger charge is 2.46. The minimum Gasteiger partial charge on any atom is -0.609 e. The summed E-state index contributed by atoms with van der Waals surface area (Å²) in [6.45, 7) is 4.38. The van der Waals surface area contributed by atoms with E-state index < -0.39 is 11.2 Å². The largest absolute Gasteiger partial charge is 0.609 e. The highest BCUT2D eigenvalue weighted by atomic mass is 32.2. The predicted molar refractivity (Wildman–Crippen MR) is 94.5 cm³/mol. The number of aromatic nitrogens is 3. The van der Waals surface area contributed by atoms with Crippen LogP contribution in [0.5, 0.6) is 0 Å². The molecule has 7 heteroatoms. The summed E-state index contributed by atoms with van der Waals surface area (Å²) in [5.41, 5.74) is 1.24. The summed E-state index contributed by atoms with van der Waals surface area (Å²) < 4.78 is 13.9. The maximum atomic E-state index is 12.8. The van der Waals surface area contributed by atoms with Crippen molar-refractivity contribution in [2.24, 2.45) is 5.92 Å². The molecule has 0 saturated heterocycles. The number of carbonyl (C=O) groups excluding carboxylic acids is 1. The Labute approximate surface area is 145 Å². The Bertz CT molecular complexity index is 782. The zero-order valence-electron chi connectivity index (χ0n) is 14.9. The van der Waals surface area contributed by atoms with Crippen molar-refractivity contribution >= 4 is 28.1 Å². The fourth-order valence-electron chi connectivity index (χ4n) is 3.73. The fourth-order valence-corrected chi connectivity index (χ4v) is 4.15. The van der Waals surface area contributed by atoms with Crippen LogP contribution in [0.2, 0.25) is 0 Å². The Hall–Kier alpha value is -1.60. The third kappa shape index (κ3) is 2.41. The standard InChI is InChI=1S/C17H24N4O2S/c1-6-17(8-7-11(17)2)21-13(15(22)20(3)4)9-12-10-18-16(24(5)23)19-14(12)21/h9-11H,6-8H2,1-5H3/t11-,17?,24?/m1/s1. The van der Waals surface area contributed by atoms with Crippen molar-refractivity contribution in [2.75, 3.05) is 20.4 Å². The average Bonchev–Trinajstić information content (AvgIpc) is 2.92. The van der Waals surface area contributed by atoms with E-state index in [0.29, 0.717) is 22.4 Å². The predicted octanol–water partition coefficient (Wildman–Crippen LogP) is 2.41. The van der Waals surface area contributed by atoms with E-state index in [1.54, 1.807) is 31.4 Å². The van der Waals surface area contributed by atoms with E-state index in [1.807, 2.05) is 6.07 Å². The molecule has 1 aliphatic rings. The van der Waals surface area contributed by atoms with Gasteiger partial charge in [0.1, 0.15) is 17.6 Å². The number of rotatable bonds is 4. The molecule has 2 unspecified atom stereocenters. The second-order valence-electron chi connectivity index (χ2n) is 6.85. The van der Waals surface area contributed by atoms with Gasteiger partial charge in [0.25, 0.3) is 5.91 Å². The van der Waals surface area contributed by atoms with Crippen molar-refractivity contribution in [1.29, 1.82) is 0 Å². The zero-order chi connectivity index (χ0) is 17.6. The maximum Gasteiger partial charge on any atom is 0.344 e. The lowest BCUT2D eigenvalue weighted by atomic mass is 9.65. The number of amides is 1. The monoisotopic (exact) mass is 348 g/mol. The quantitative estimate of drug-likeness (QED) is 0.628. The first-order valence-electron chi connectivity index (χ1n) is 8.26. The first-order valence-corrected chi connectivity index (χ1v) is 9.81. The molecule has 1 fully saturated rings. The highest BCUT2D eigenvalue weighted by molar-refractivity contribution is 7.90. The van der Waals surface area contributed by atoms with Gasteiger partial charge in [-0.25, -0.2) is 0 Å². The van der Waals surface area contributed by atoms with E-state index in [1.165, 1.54) is 0 Å². The Morgan fingerprint density at radius 2 is 2.25 bits per heavy atom. The number of nitrogens with zero attached hydrogens (tertiary/aromatic N) is 4. The Morgan fingerprint density at radius 1 is 1.54 bits per heavy atom. The lowest BCUT2D eigenvalue weighted by molar-refractivity contribution is 0.0487. The summed E-state index contributed by atoms with van der Waals surface area (Å²) in [6.07, 6.45) is 6.34. The van der Waals surface area contributed by atoms with E-state index in [0.717, 1.165) is 24.6 Å². The van der Waals surface area contributed by atoms with Gasteiger partial charge >= 0.3 is 5.16 Å². The Balaban J connectivity index is 2.31. The summed E-state index contributed by atoms with van der Waals surface area (Å²) in [7, 11) is 3.51. The molecule has 24 heavy (non-hydrogen) atoms. The van der Waals surface area contributed by atoms with Crippen LogP contribution in [0.25, 0.3) is 11.0 Å². The second-order valence-corrected chi connectivity index (χ2v) is 8.12. The highest BCUT2D eigenvalue weighted by Crippen LogP contribution is 2.49.